The highest BCUT2D eigenvalue weighted by molar-refractivity contribution is 5.22. The molecular formula is C16H26N2O. The highest BCUT2D eigenvalue weighted by Crippen LogP contribution is 2.36. The largest absolute Gasteiger partial charge is 0.383 e. The van der Waals surface area contributed by atoms with Gasteiger partial charge in [-0.25, -0.2) is 0 Å². The standard InChI is InChI=1S/C16H26N2O/c1-18(10-11-19-2)9-8-17-16-12-15(13-16)14-6-4-3-5-7-14/h3-7,15-17H,8-13H2,1-2H3. The second kappa shape index (κ2) is 7.63. The lowest BCUT2D eigenvalue weighted by Crippen LogP contribution is -2.43. The summed E-state index contributed by atoms with van der Waals surface area (Å²) in [5, 5.41) is 3.64. The van der Waals surface area contributed by atoms with Crippen LogP contribution in [0.25, 0.3) is 0 Å². The predicted octanol–water partition coefficient (Wildman–Crippen LogP) is 2.10. The minimum absolute atomic E-state index is 0.709. The molecule has 3 nitrogen and oxygen atoms in total. The van der Waals surface area contributed by atoms with Crippen LogP contribution in [0.2, 0.25) is 0 Å². The Labute approximate surface area is 116 Å². The van der Waals surface area contributed by atoms with Gasteiger partial charge in [0.05, 0.1) is 6.61 Å². The molecule has 0 unspecified atom stereocenters. The molecule has 0 heterocycles. The molecule has 1 fully saturated rings. The number of rotatable bonds is 8. The first kappa shape index (κ1) is 14.5. The molecule has 1 aromatic rings. The third-order valence-corrected chi connectivity index (χ3v) is 4.01. The fourth-order valence-corrected chi connectivity index (χ4v) is 2.60. The monoisotopic (exact) mass is 262 g/mol. The lowest BCUT2D eigenvalue weighted by Gasteiger charge is -2.36. The summed E-state index contributed by atoms with van der Waals surface area (Å²) in [6.45, 7) is 3.99. The van der Waals surface area contributed by atoms with Gasteiger partial charge in [-0.15, -0.1) is 0 Å². The first-order valence-electron chi connectivity index (χ1n) is 7.25. The molecule has 0 bridgehead atoms. The molecule has 0 amide bonds. The van der Waals surface area contributed by atoms with Gasteiger partial charge in [0, 0.05) is 32.8 Å². The molecule has 1 aromatic carbocycles. The molecule has 0 aliphatic heterocycles. The van der Waals surface area contributed by atoms with E-state index in [1.165, 1.54) is 18.4 Å². The zero-order valence-corrected chi connectivity index (χ0v) is 12.1. The molecule has 1 N–H and O–H groups in total. The average Bonchev–Trinajstić information content (AvgIpc) is 2.40. The fourth-order valence-electron chi connectivity index (χ4n) is 2.60. The number of nitrogens with one attached hydrogen (secondary N) is 1. The van der Waals surface area contributed by atoms with E-state index in [9.17, 15) is 0 Å². The van der Waals surface area contributed by atoms with Crippen molar-refractivity contribution in [2.75, 3.05) is 40.4 Å². The van der Waals surface area contributed by atoms with Crippen molar-refractivity contribution in [1.82, 2.24) is 10.2 Å². The van der Waals surface area contributed by atoms with Crippen LogP contribution in [0.5, 0.6) is 0 Å². The average molecular weight is 262 g/mol. The van der Waals surface area contributed by atoms with Crippen LogP contribution in [0.3, 0.4) is 0 Å². The number of likely N-dealkylation sites (N-methyl/N-ethyl adjacent to an activating group) is 1. The molecule has 0 radical (unpaired) electrons. The lowest BCUT2D eigenvalue weighted by atomic mass is 9.76. The number of ether oxygens (including phenoxy) is 1. The van der Waals surface area contributed by atoms with E-state index in [4.69, 9.17) is 4.74 Å². The van der Waals surface area contributed by atoms with Gasteiger partial charge in [0.2, 0.25) is 0 Å². The first-order chi connectivity index (χ1) is 9.29. The van der Waals surface area contributed by atoms with E-state index in [0.29, 0.717) is 6.04 Å². The van der Waals surface area contributed by atoms with Crippen molar-refractivity contribution in [3.8, 4) is 0 Å². The van der Waals surface area contributed by atoms with Crippen molar-refractivity contribution in [3.63, 3.8) is 0 Å². The van der Waals surface area contributed by atoms with Gasteiger partial charge in [-0.3, -0.25) is 0 Å². The van der Waals surface area contributed by atoms with Crippen LogP contribution >= 0.6 is 0 Å². The summed E-state index contributed by atoms with van der Waals surface area (Å²) in [5.41, 5.74) is 1.50. The predicted molar refractivity (Wildman–Crippen MR) is 79.6 cm³/mol. The summed E-state index contributed by atoms with van der Waals surface area (Å²) in [6.07, 6.45) is 2.57. The van der Waals surface area contributed by atoms with Crippen molar-refractivity contribution < 1.29 is 4.74 Å². The summed E-state index contributed by atoms with van der Waals surface area (Å²) in [7, 11) is 3.90. The molecule has 0 spiro atoms. The van der Waals surface area contributed by atoms with Gasteiger partial charge in [-0.1, -0.05) is 30.3 Å². The molecule has 1 saturated carbocycles. The minimum atomic E-state index is 0.709. The molecule has 1 aliphatic carbocycles. The van der Waals surface area contributed by atoms with Crippen molar-refractivity contribution in [2.45, 2.75) is 24.8 Å². The van der Waals surface area contributed by atoms with E-state index >= 15 is 0 Å². The van der Waals surface area contributed by atoms with Gasteiger partial charge in [-0.05, 0) is 31.4 Å². The number of hydrogen-bond acceptors (Lipinski definition) is 3. The molecule has 19 heavy (non-hydrogen) atoms. The third kappa shape index (κ3) is 4.60. The van der Waals surface area contributed by atoms with E-state index in [1.54, 1.807) is 7.11 Å². The van der Waals surface area contributed by atoms with Gasteiger partial charge in [0.25, 0.3) is 0 Å². The Morgan fingerprint density at radius 2 is 1.95 bits per heavy atom. The van der Waals surface area contributed by atoms with Gasteiger partial charge in [0.1, 0.15) is 0 Å². The van der Waals surface area contributed by atoms with Crippen LogP contribution in [0.4, 0.5) is 0 Å². The summed E-state index contributed by atoms with van der Waals surface area (Å²) in [6, 6.07) is 11.6. The maximum Gasteiger partial charge on any atom is 0.0589 e. The summed E-state index contributed by atoms with van der Waals surface area (Å²) in [4.78, 5) is 2.31. The van der Waals surface area contributed by atoms with E-state index in [2.05, 4.69) is 47.6 Å². The Morgan fingerprint density at radius 1 is 1.21 bits per heavy atom. The number of methoxy groups -OCH3 is 1. The normalized spacial score (nSPS) is 22.5. The van der Waals surface area contributed by atoms with Gasteiger partial charge >= 0.3 is 0 Å². The molecule has 0 saturated heterocycles. The van der Waals surface area contributed by atoms with E-state index in [0.717, 1.165) is 32.2 Å². The zero-order chi connectivity index (χ0) is 13.5. The molecule has 106 valence electrons. The summed E-state index contributed by atoms with van der Waals surface area (Å²) in [5.74, 6) is 0.768. The maximum atomic E-state index is 5.07. The van der Waals surface area contributed by atoms with Crippen LogP contribution in [0.15, 0.2) is 30.3 Å². The van der Waals surface area contributed by atoms with Crippen LogP contribution < -0.4 is 5.32 Å². The van der Waals surface area contributed by atoms with E-state index < -0.39 is 0 Å². The Bertz CT molecular complexity index is 349. The van der Waals surface area contributed by atoms with E-state index in [-0.39, 0.29) is 0 Å². The Kier molecular flexibility index (Phi) is 5.83. The topological polar surface area (TPSA) is 24.5 Å². The minimum Gasteiger partial charge on any atom is -0.383 e. The summed E-state index contributed by atoms with van der Waals surface area (Å²) >= 11 is 0. The third-order valence-electron chi connectivity index (χ3n) is 4.01. The zero-order valence-electron chi connectivity index (χ0n) is 12.1. The van der Waals surface area contributed by atoms with Gasteiger partial charge < -0.3 is 15.0 Å². The number of nitrogens with zero attached hydrogens (tertiary/aromatic N) is 1. The highest BCUT2D eigenvalue weighted by Gasteiger charge is 2.29. The molecule has 0 atom stereocenters. The van der Waals surface area contributed by atoms with Crippen LogP contribution in [-0.4, -0.2) is 51.3 Å². The maximum absolute atomic E-state index is 5.07. The Morgan fingerprint density at radius 3 is 2.63 bits per heavy atom. The second-order valence-corrected chi connectivity index (χ2v) is 5.53. The van der Waals surface area contributed by atoms with Crippen molar-refractivity contribution in [1.29, 1.82) is 0 Å². The first-order valence-corrected chi connectivity index (χ1v) is 7.25. The molecule has 3 heteroatoms. The fraction of sp³-hybridized carbons (Fsp3) is 0.625. The van der Waals surface area contributed by atoms with Crippen molar-refractivity contribution in [2.24, 2.45) is 0 Å². The van der Waals surface area contributed by atoms with Crippen LogP contribution in [0.1, 0.15) is 24.3 Å². The SMILES string of the molecule is COCCN(C)CCNC1CC(c2ccccc2)C1. The van der Waals surface area contributed by atoms with E-state index in [1.807, 2.05) is 0 Å². The second-order valence-electron chi connectivity index (χ2n) is 5.53. The highest BCUT2D eigenvalue weighted by atomic mass is 16.5. The van der Waals surface area contributed by atoms with Crippen molar-refractivity contribution >= 4 is 0 Å². The quantitative estimate of drug-likeness (QED) is 0.776. The smallest absolute Gasteiger partial charge is 0.0589 e. The van der Waals surface area contributed by atoms with Gasteiger partial charge in [0.15, 0.2) is 0 Å². The Balaban J connectivity index is 1.56. The molecule has 0 aromatic heterocycles. The summed E-state index contributed by atoms with van der Waals surface area (Å²) < 4.78 is 5.07. The van der Waals surface area contributed by atoms with Crippen molar-refractivity contribution in [3.05, 3.63) is 35.9 Å². The van der Waals surface area contributed by atoms with Gasteiger partial charge in [-0.2, -0.15) is 0 Å². The van der Waals surface area contributed by atoms with Crippen LogP contribution in [-0.2, 0) is 4.74 Å². The molecular weight excluding hydrogens is 236 g/mol. The lowest BCUT2D eigenvalue weighted by molar-refractivity contribution is 0.159. The number of hydrogen-bond donors (Lipinski definition) is 1. The van der Waals surface area contributed by atoms with Crippen LogP contribution in [0, 0.1) is 0 Å². The number of benzene rings is 1. The Hall–Kier alpha value is -0.900. The molecule has 1 aliphatic rings. The molecule has 2 rings (SSSR count).